The number of fused-ring (bicyclic) bond motifs is 1. The molecule has 0 bridgehead atoms. The van der Waals surface area contributed by atoms with E-state index in [0.29, 0.717) is 6.04 Å². The van der Waals surface area contributed by atoms with Gasteiger partial charge < -0.3 is 9.64 Å². The topological polar surface area (TPSA) is 25.4 Å². The number of benzene rings is 1. The van der Waals surface area contributed by atoms with Gasteiger partial charge in [-0.15, -0.1) is 12.4 Å². The Hall–Kier alpha value is -1.32. The third-order valence-electron chi connectivity index (χ3n) is 3.73. The number of nitrogens with zero attached hydrogens (tertiary/aromatic N) is 2. The Balaban J connectivity index is 0.00000133. The van der Waals surface area contributed by atoms with E-state index in [-0.39, 0.29) is 12.4 Å². The number of pyridine rings is 1. The highest BCUT2D eigenvalue weighted by molar-refractivity contribution is 5.87. The lowest BCUT2D eigenvalue weighted by Gasteiger charge is -2.20. The van der Waals surface area contributed by atoms with Crippen molar-refractivity contribution in [1.29, 1.82) is 0 Å². The van der Waals surface area contributed by atoms with Crippen LogP contribution in [-0.2, 0) is 0 Å². The maximum absolute atomic E-state index is 5.97. The van der Waals surface area contributed by atoms with Crippen molar-refractivity contribution >= 4 is 23.2 Å². The summed E-state index contributed by atoms with van der Waals surface area (Å²) in [4.78, 5) is 6.61. The van der Waals surface area contributed by atoms with Gasteiger partial charge in [0.2, 0.25) is 0 Å². The van der Waals surface area contributed by atoms with Crippen LogP contribution in [0.15, 0.2) is 36.7 Å². The molecule has 0 radical (unpaired) electrons. The maximum Gasteiger partial charge on any atom is 0.145 e. The van der Waals surface area contributed by atoms with Crippen LogP contribution in [0.3, 0.4) is 0 Å². The van der Waals surface area contributed by atoms with Crippen LogP contribution < -0.4 is 4.74 Å². The molecule has 0 N–H and O–H groups in total. The van der Waals surface area contributed by atoms with Crippen molar-refractivity contribution in [3.63, 3.8) is 0 Å². The molecule has 0 spiro atoms. The van der Waals surface area contributed by atoms with Crippen molar-refractivity contribution in [1.82, 2.24) is 9.88 Å². The van der Waals surface area contributed by atoms with Gasteiger partial charge in [-0.05, 0) is 26.4 Å². The van der Waals surface area contributed by atoms with Crippen LogP contribution >= 0.6 is 12.4 Å². The summed E-state index contributed by atoms with van der Waals surface area (Å²) < 4.78 is 5.97. The molecule has 2 heterocycles. The van der Waals surface area contributed by atoms with Gasteiger partial charge in [-0.3, -0.25) is 4.98 Å². The number of hydrogen-bond acceptors (Lipinski definition) is 3. The van der Waals surface area contributed by atoms with E-state index in [1.807, 2.05) is 24.5 Å². The van der Waals surface area contributed by atoms with E-state index in [1.54, 1.807) is 0 Å². The third-order valence-corrected chi connectivity index (χ3v) is 3.73. The van der Waals surface area contributed by atoms with Crippen LogP contribution in [0.25, 0.3) is 10.8 Å². The quantitative estimate of drug-likeness (QED) is 0.862. The number of ether oxygens (including phenoxy) is 1. The van der Waals surface area contributed by atoms with E-state index in [9.17, 15) is 0 Å². The fourth-order valence-corrected chi connectivity index (χ4v) is 2.58. The average molecular weight is 279 g/mol. The van der Waals surface area contributed by atoms with Crippen LogP contribution in [0, 0.1) is 0 Å². The molecule has 1 aliphatic heterocycles. The van der Waals surface area contributed by atoms with E-state index >= 15 is 0 Å². The predicted molar refractivity (Wildman–Crippen MR) is 80.1 cm³/mol. The minimum atomic E-state index is 0. The van der Waals surface area contributed by atoms with E-state index in [1.165, 1.54) is 19.4 Å². The summed E-state index contributed by atoms with van der Waals surface area (Å²) >= 11 is 0. The lowest BCUT2D eigenvalue weighted by Crippen LogP contribution is -2.30. The third kappa shape index (κ3) is 2.99. The van der Waals surface area contributed by atoms with E-state index in [2.05, 4.69) is 29.1 Å². The molecule has 0 aliphatic carbocycles. The molecule has 1 saturated heterocycles. The number of hydrogen-bond donors (Lipinski definition) is 0. The molecular weight excluding hydrogens is 260 g/mol. The van der Waals surface area contributed by atoms with Gasteiger partial charge in [0, 0.05) is 23.0 Å². The molecule has 19 heavy (non-hydrogen) atoms. The molecule has 0 unspecified atom stereocenters. The second kappa shape index (κ2) is 6.22. The molecular formula is C15H19ClN2O. The van der Waals surface area contributed by atoms with Gasteiger partial charge in [0.1, 0.15) is 12.4 Å². The van der Waals surface area contributed by atoms with Crippen molar-refractivity contribution in [2.24, 2.45) is 0 Å². The highest BCUT2D eigenvalue weighted by Gasteiger charge is 2.21. The van der Waals surface area contributed by atoms with Crippen LogP contribution in [0.1, 0.15) is 12.8 Å². The minimum absolute atomic E-state index is 0. The Morgan fingerprint density at radius 3 is 2.95 bits per heavy atom. The largest absolute Gasteiger partial charge is 0.490 e. The molecule has 1 aromatic heterocycles. The second-order valence-corrected chi connectivity index (χ2v) is 4.95. The van der Waals surface area contributed by atoms with Gasteiger partial charge in [-0.2, -0.15) is 0 Å². The zero-order valence-electron chi connectivity index (χ0n) is 11.1. The molecule has 2 aromatic rings. The van der Waals surface area contributed by atoms with Gasteiger partial charge in [0.25, 0.3) is 0 Å². The number of halogens is 1. The molecule has 0 saturated carbocycles. The first-order valence-corrected chi connectivity index (χ1v) is 6.50. The van der Waals surface area contributed by atoms with E-state index in [0.717, 1.165) is 23.1 Å². The number of likely N-dealkylation sites (N-methyl/N-ethyl adjacent to an activating group) is 1. The highest BCUT2D eigenvalue weighted by Crippen LogP contribution is 2.25. The minimum Gasteiger partial charge on any atom is -0.490 e. The number of rotatable bonds is 3. The van der Waals surface area contributed by atoms with E-state index < -0.39 is 0 Å². The first-order valence-electron chi connectivity index (χ1n) is 6.50. The highest BCUT2D eigenvalue weighted by atomic mass is 35.5. The molecule has 3 nitrogen and oxygen atoms in total. The molecule has 1 aliphatic rings. The zero-order valence-corrected chi connectivity index (χ0v) is 11.9. The lowest BCUT2D eigenvalue weighted by molar-refractivity contribution is 0.199. The van der Waals surface area contributed by atoms with Crippen molar-refractivity contribution < 1.29 is 4.74 Å². The first-order chi connectivity index (χ1) is 8.84. The monoisotopic (exact) mass is 278 g/mol. The molecule has 4 heteroatoms. The summed E-state index contributed by atoms with van der Waals surface area (Å²) in [6.07, 6.45) is 6.20. The van der Waals surface area contributed by atoms with Gasteiger partial charge in [0.15, 0.2) is 0 Å². The smallest absolute Gasteiger partial charge is 0.145 e. The molecule has 1 aromatic carbocycles. The van der Waals surface area contributed by atoms with Crippen molar-refractivity contribution in [2.75, 3.05) is 20.2 Å². The maximum atomic E-state index is 5.97. The normalized spacial score (nSPS) is 19.3. The summed E-state index contributed by atoms with van der Waals surface area (Å²) in [7, 11) is 2.17. The van der Waals surface area contributed by atoms with Crippen LogP contribution in [0.2, 0.25) is 0 Å². The molecule has 102 valence electrons. The van der Waals surface area contributed by atoms with Gasteiger partial charge in [-0.1, -0.05) is 24.3 Å². The van der Waals surface area contributed by atoms with Gasteiger partial charge >= 0.3 is 0 Å². The Morgan fingerprint density at radius 1 is 1.32 bits per heavy atom. The van der Waals surface area contributed by atoms with Gasteiger partial charge in [-0.25, -0.2) is 0 Å². The summed E-state index contributed by atoms with van der Waals surface area (Å²) in [6.45, 7) is 1.94. The molecule has 1 atom stereocenters. The van der Waals surface area contributed by atoms with Crippen molar-refractivity contribution in [3.8, 4) is 5.75 Å². The summed E-state index contributed by atoms with van der Waals surface area (Å²) in [5.74, 6) is 0.897. The van der Waals surface area contributed by atoms with Crippen LogP contribution in [-0.4, -0.2) is 36.1 Å². The van der Waals surface area contributed by atoms with Crippen molar-refractivity contribution in [3.05, 3.63) is 36.7 Å². The van der Waals surface area contributed by atoms with Gasteiger partial charge in [0.05, 0.1) is 6.20 Å². The standard InChI is InChI=1S/C15H18N2O.ClH/c1-17-8-4-6-13(17)11-18-15-10-16-9-12-5-2-3-7-14(12)15;/h2-3,5,7,9-10,13H,4,6,8,11H2,1H3;1H/t13-;/m0./s1. The average Bonchev–Trinajstić information content (AvgIpc) is 2.82. The summed E-state index contributed by atoms with van der Waals surface area (Å²) in [5.41, 5.74) is 0. The summed E-state index contributed by atoms with van der Waals surface area (Å²) in [5, 5.41) is 2.28. The fraction of sp³-hybridized carbons (Fsp3) is 0.400. The lowest BCUT2D eigenvalue weighted by atomic mass is 10.1. The molecule has 1 fully saturated rings. The van der Waals surface area contributed by atoms with E-state index in [4.69, 9.17) is 4.74 Å². The zero-order chi connectivity index (χ0) is 12.4. The predicted octanol–water partition coefficient (Wildman–Crippen LogP) is 3.13. The summed E-state index contributed by atoms with van der Waals surface area (Å²) in [6, 6.07) is 8.76. The van der Waals surface area contributed by atoms with Crippen LogP contribution in [0.4, 0.5) is 0 Å². The van der Waals surface area contributed by atoms with Crippen LogP contribution in [0.5, 0.6) is 5.75 Å². The second-order valence-electron chi connectivity index (χ2n) is 4.95. The SMILES string of the molecule is CN1CCC[C@H]1COc1cncc2ccccc12.Cl. The molecule has 0 amide bonds. The first kappa shape index (κ1) is 14.1. The van der Waals surface area contributed by atoms with Crippen molar-refractivity contribution in [2.45, 2.75) is 18.9 Å². The number of aromatic nitrogens is 1. The Kier molecular flexibility index (Phi) is 4.61. The molecule has 3 rings (SSSR count). The fourth-order valence-electron chi connectivity index (χ4n) is 2.58. The Bertz CT molecular complexity index is 541. The number of likely N-dealkylation sites (tertiary alicyclic amines) is 1. The Labute approximate surface area is 120 Å². The Morgan fingerprint density at radius 2 is 2.16 bits per heavy atom.